The maximum absolute atomic E-state index is 10.9. The number of rotatable bonds is 6. The van der Waals surface area contributed by atoms with E-state index in [9.17, 15) is 4.79 Å². The molecule has 0 spiro atoms. The monoisotopic (exact) mass is 284 g/mol. The van der Waals surface area contributed by atoms with Crippen LogP contribution in [0, 0.1) is 0 Å². The van der Waals surface area contributed by atoms with Gasteiger partial charge in [-0.05, 0) is 29.8 Å². The average molecular weight is 285 g/mol. The van der Waals surface area contributed by atoms with Crippen LogP contribution in [0.2, 0.25) is 5.28 Å². The summed E-state index contributed by atoms with van der Waals surface area (Å²) in [5.74, 6) is -0.996. The van der Waals surface area contributed by atoms with Gasteiger partial charge in [0.2, 0.25) is 5.28 Å². The lowest BCUT2D eigenvalue weighted by Crippen LogP contribution is -2.07. The summed E-state index contributed by atoms with van der Waals surface area (Å²) in [6.07, 6.45) is 0. The van der Waals surface area contributed by atoms with Gasteiger partial charge >= 0.3 is 5.97 Å². The Kier molecular flexibility index (Phi) is 4.36. The smallest absolute Gasteiger partial charge is 0.335 e. The molecule has 0 atom stereocenters. The number of benzene rings is 1. The van der Waals surface area contributed by atoms with E-state index in [0.29, 0.717) is 18.7 Å². The predicted molar refractivity (Wildman–Crippen MR) is 69.5 cm³/mol. The molecule has 0 saturated heterocycles. The lowest BCUT2D eigenvalue weighted by Gasteiger charge is -2.06. The van der Waals surface area contributed by atoms with E-state index in [1.165, 1.54) is 12.1 Å². The molecule has 1 aromatic heterocycles. The number of aromatic carboxylic acids is 1. The van der Waals surface area contributed by atoms with Gasteiger partial charge in [-0.25, -0.2) is 9.78 Å². The van der Waals surface area contributed by atoms with Crippen LogP contribution >= 0.6 is 11.6 Å². The number of aromatic nitrogens is 2. The van der Waals surface area contributed by atoms with Gasteiger partial charge in [-0.15, -0.1) is 0 Å². The molecule has 19 heavy (non-hydrogen) atoms. The van der Waals surface area contributed by atoms with Crippen LogP contribution in [0.3, 0.4) is 0 Å². The Balaban J connectivity index is 2.24. The number of nitrogens with zero attached hydrogens (tertiary/aromatic N) is 2. The SMILES string of the molecule is COCCOCn1c(Cl)nc2cc(C(=O)O)ccc21. The number of carboxylic acids is 1. The van der Waals surface area contributed by atoms with Crippen LogP contribution in [-0.4, -0.2) is 41.0 Å². The van der Waals surface area contributed by atoms with Crippen LogP contribution in [-0.2, 0) is 16.2 Å². The first-order valence-electron chi connectivity index (χ1n) is 5.59. The summed E-state index contributed by atoms with van der Waals surface area (Å²) in [5.41, 5.74) is 1.43. The van der Waals surface area contributed by atoms with Gasteiger partial charge in [0.1, 0.15) is 6.73 Å². The third-order valence-corrected chi connectivity index (χ3v) is 2.89. The Bertz CT molecular complexity index is 597. The number of hydrogen-bond acceptors (Lipinski definition) is 4. The fourth-order valence-electron chi connectivity index (χ4n) is 1.65. The summed E-state index contributed by atoms with van der Waals surface area (Å²) >= 11 is 6.01. The van der Waals surface area contributed by atoms with Crippen LogP contribution in [0.25, 0.3) is 11.0 Å². The molecule has 0 aliphatic rings. The van der Waals surface area contributed by atoms with Gasteiger partial charge < -0.3 is 14.6 Å². The van der Waals surface area contributed by atoms with E-state index < -0.39 is 5.97 Å². The molecular formula is C12H13ClN2O4. The summed E-state index contributed by atoms with van der Waals surface area (Å²) in [5, 5.41) is 9.17. The third-order valence-electron chi connectivity index (χ3n) is 2.60. The van der Waals surface area contributed by atoms with Gasteiger partial charge in [0.15, 0.2) is 0 Å². The third kappa shape index (κ3) is 3.04. The van der Waals surface area contributed by atoms with Crippen LogP contribution in [0.1, 0.15) is 10.4 Å². The van der Waals surface area contributed by atoms with Crippen molar-refractivity contribution >= 4 is 28.6 Å². The zero-order valence-corrected chi connectivity index (χ0v) is 11.1. The van der Waals surface area contributed by atoms with Gasteiger partial charge in [0.05, 0.1) is 29.8 Å². The van der Waals surface area contributed by atoms with Gasteiger partial charge in [-0.3, -0.25) is 4.57 Å². The van der Waals surface area contributed by atoms with Crippen molar-refractivity contribution < 1.29 is 19.4 Å². The van der Waals surface area contributed by atoms with Crippen LogP contribution in [0.5, 0.6) is 0 Å². The maximum Gasteiger partial charge on any atom is 0.335 e. The molecule has 0 fully saturated rings. The molecule has 2 rings (SSSR count). The highest BCUT2D eigenvalue weighted by Gasteiger charge is 2.11. The fourth-order valence-corrected chi connectivity index (χ4v) is 1.89. The molecule has 6 nitrogen and oxygen atoms in total. The molecule has 1 N–H and O–H groups in total. The zero-order chi connectivity index (χ0) is 13.8. The summed E-state index contributed by atoms with van der Waals surface area (Å²) in [6.45, 7) is 1.18. The second-order valence-corrected chi connectivity index (χ2v) is 4.19. The van der Waals surface area contributed by atoms with Crippen molar-refractivity contribution in [2.75, 3.05) is 20.3 Å². The molecule has 102 valence electrons. The first-order valence-corrected chi connectivity index (χ1v) is 5.97. The minimum atomic E-state index is -0.996. The number of halogens is 1. The fraction of sp³-hybridized carbons (Fsp3) is 0.333. The highest BCUT2D eigenvalue weighted by Crippen LogP contribution is 2.21. The Morgan fingerprint density at radius 3 is 2.95 bits per heavy atom. The number of ether oxygens (including phenoxy) is 2. The van der Waals surface area contributed by atoms with E-state index in [0.717, 1.165) is 5.52 Å². The highest BCUT2D eigenvalue weighted by molar-refractivity contribution is 6.29. The van der Waals surface area contributed by atoms with Crippen LogP contribution < -0.4 is 0 Å². The Morgan fingerprint density at radius 1 is 1.47 bits per heavy atom. The van der Waals surface area contributed by atoms with E-state index in [1.54, 1.807) is 17.7 Å². The van der Waals surface area contributed by atoms with Gasteiger partial charge in [0, 0.05) is 7.11 Å². The largest absolute Gasteiger partial charge is 0.478 e. The van der Waals surface area contributed by atoms with Crippen molar-refractivity contribution in [3.05, 3.63) is 29.0 Å². The maximum atomic E-state index is 10.9. The molecule has 0 bridgehead atoms. The molecule has 0 aliphatic carbocycles. The number of fused-ring (bicyclic) bond motifs is 1. The lowest BCUT2D eigenvalue weighted by molar-refractivity contribution is 0.0359. The van der Waals surface area contributed by atoms with E-state index in [2.05, 4.69) is 4.98 Å². The molecule has 0 aliphatic heterocycles. The molecule has 2 aromatic rings. The quantitative estimate of drug-likeness (QED) is 0.822. The van der Waals surface area contributed by atoms with Crippen molar-refractivity contribution in [1.82, 2.24) is 9.55 Å². The van der Waals surface area contributed by atoms with E-state index >= 15 is 0 Å². The first-order chi connectivity index (χ1) is 9.13. The van der Waals surface area contributed by atoms with E-state index in [1.807, 2.05) is 0 Å². The Morgan fingerprint density at radius 2 is 2.26 bits per heavy atom. The van der Waals surface area contributed by atoms with Crippen molar-refractivity contribution in [1.29, 1.82) is 0 Å². The average Bonchev–Trinajstić information content (AvgIpc) is 2.69. The molecular weight excluding hydrogens is 272 g/mol. The normalized spacial score (nSPS) is 11.1. The number of hydrogen-bond donors (Lipinski definition) is 1. The van der Waals surface area contributed by atoms with Gasteiger partial charge in [-0.2, -0.15) is 0 Å². The van der Waals surface area contributed by atoms with Crippen molar-refractivity contribution in [3.63, 3.8) is 0 Å². The van der Waals surface area contributed by atoms with E-state index in [4.69, 9.17) is 26.2 Å². The number of imidazole rings is 1. The Labute approximate surface area is 114 Å². The molecule has 0 amide bonds. The topological polar surface area (TPSA) is 73.6 Å². The summed E-state index contributed by atoms with van der Waals surface area (Å²) in [4.78, 5) is 15.0. The van der Waals surface area contributed by atoms with Crippen molar-refractivity contribution in [3.8, 4) is 0 Å². The minimum absolute atomic E-state index is 0.175. The molecule has 0 unspecified atom stereocenters. The lowest BCUT2D eigenvalue weighted by atomic mass is 10.2. The standard InChI is InChI=1S/C12H13ClN2O4/c1-18-4-5-19-7-15-10-3-2-8(11(16)17)6-9(10)14-12(15)13/h2-3,6H,4-5,7H2,1H3,(H,16,17). The molecule has 0 radical (unpaired) electrons. The highest BCUT2D eigenvalue weighted by atomic mass is 35.5. The molecule has 0 saturated carbocycles. The first kappa shape index (κ1) is 13.8. The van der Waals surface area contributed by atoms with E-state index in [-0.39, 0.29) is 17.6 Å². The predicted octanol–water partition coefficient (Wildman–Crippen LogP) is 2.01. The summed E-state index contributed by atoms with van der Waals surface area (Å²) < 4.78 is 11.9. The summed E-state index contributed by atoms with van der Waals surface area (Å²) in [7, 11) is 1.59. The van der Waals surface area contributed by atoms with Crippen molar-refractivity contribution in [2.24, 2.45) is 0 Å². The van der Waals surface area contributed by atoms with Crippen molar-refractivity contribution in [2.45, 2.75) is 6.73 Å². The van der Waals surface area contributed by atoms with Crippen LogP contribution in [0.15, 0.2) is 18.2 Å². The minimum Gasteiger partial charge on any atom is -0.478 e. The molecule has 1 heterocycles. The molecule has 1 aromatic carbocycles. The second kappa shape index (κ2) is 6.01. The number of carboxylic acid groups (broad SMARTS) is 1. The van der Waals surface area contributed by atoms with Crippen LogP contribution in [0.4, 0.5) is 0 Å². The second-order valence-electron chi connectivity index (χ2n) is 3.85. The number of methoxy groups -OCH3 is 1. The number of carbonyl (C=O) groups is 1. The van der Waals surface area contributed by atoms with Gasteiger partial charge in [-0.1, -0.05) is 0 Å². The summed E-state index contributed by atoms with van der Waals surface area (Å²) in [6, 6.07) is 4.65. The zero-order valence-electron chi connectivity index (χ0n) is 10.3. The Hall–Kier alpha value is -1.63. The van der Waals surface area contributed by atoms with Gasteiger partial charge in [0.25, 0.3) is 0 Å². The molecule has 7 heteroatoms.